The number of aryl methyl sites for hydroxylation is 1. The maximum absolute atomic E-state index is 5.99. The number of anilines is 3. The molecule has 106 valence electrons. The zero-order chi connectivity index (χ0) is 14.7. The highest BCUT2D eigenvalue weighted by Crippen LogP contribution is 2.27. The zero-order valence-corrected chi connectivity index (χ0v) is 12.9. The van der Waals surface area contributed by atoms with E-state index < -0.39 is 0 Å². The summed E-state index contributed by atoms with van der Waals surface area (Å²) >= 11 is 12.0. The van der Waals surface area contributed by atoms with Gasteiger partial charge in [0, 0.05) is 27.7 Å². The van der Waals surface area contributed by atoms with E-state index in [1.165, 1.54) is 0 Å². The Balaban J connectivity index is 2.36. The molecule has 20 heavy (non-hydrogen) atoms. The van der Waals surface area contributed by atoms with Crippen LogP contribution >= 0.6 is 23.2 Å². The van der Waals surface area contributed by atoms with Crippen LogP contribution in [0.2, 0.25) is 10.0 Å². The molecule has 0 spiro atoms. The first-order valence-corrected chi connectivity index (χ1v) is 7.11. The SMILES string of the molecule is CCCc1nc(N)c(C)c(Nc2cc(Cl)cc(Cl)c2)n1. The van der Waals surface area contributed by atoms with Crippen molar-refractivity contribution >= 4 is 40.5 Å². The van der Waals surface area contributed by atoms with E-state index in [-0.39, 0.29) is 0 Å². The molecule has 0 saturated carbocycles. The van der Waals surface area contributed by atoms with Crippen molar-refractivity contribution in [3.63, 3.8) is 0 Å². The molecule has 0 amide bonds. The fraction of sp³-hybridized carbons (Fsp3) is 0.286. The minimum atomic E-state index is 0.485. The Bertz CT molecular complexity index is 609. The van der Waals surface area contributed by atoms with E-state index in [9.17, 15) is 0 Å². The van der Waals surface area contributed by atoms with Crippen LogP contribution < -0.4 is 11.1 Å². The topological polar surface area (TPSA) is 63.8 Å². The van der Waals surface area contributed by atoms with Gasteiger partial charge in [-0.15, -0.1) is 0 Å². The largest absolute Gasteiger partial charge is 0.383 e. The Morgan fingerprint density at radius 1 is 1.15 bits per heavy atom. The number of nitrogens with two attached hydrogens (primary N) is 1. The zero-order valence-electron chi connectivity index (χ0n) is 11.4. The molecule has 0 aliphatic carbocycles. The van der Waals surface area contributed by atoms with Gasteiger partial charge in [0.2, 0.25) is 0 Å². The van der Waals surface area contributed by atoms with Crippen molar-refractivity contribution in [2.45, 2.75) is 26.7 Å². The first-order chi connectivity index (χ1) is 9.49. The molecule has 0 saturated heterocycles. The summed E-state index contributed by atoms with van der Waals surface area (Å²) in [7, 11) is 0. The Morgan fingerprint density at radius 2 is 1.80 bits per heavy atom. The minimum absolute atomic E-state index is 0.485. The fourth-order valence-corrected chi connectivity index (χ4v) is 2.33. The molecular formula is C14H16Cl2N4. The number of nitrogen functional groups attached to an aromatic ring is 1. The lowest BCUT2D eigenvalue weighted by Gasteiger charge is -2.12. The van der Waals surface area contributed by atoms with Gasteiger partial charge in [0.05, 0.1) is 0 Å². The predicted molar refractivity (Wildman–Crippen MR) is 84.9 cm³/mol. The third-order valence-corrected chi connectivity index (χ3v) is 3.27. The maximum Gasteiger partial charge on any atom is 0.139 e. The molecule has 0 aliphatic heterocycles. The molecule has 3 N–H and O–H groups in total. The Kier molecular flexibility index (Phi) is 4.68. The molecule has 4 nitrogen and oxygen atoms in total. The number of rotatable bonds is 4. The van der Waals surface area contributed by atoms with Crippen LogP contribution in [0.1, 0.15) is 24.7 Å². The third-order valence-electron chi connectivity index (χ3n) is 2.83. The van der Waals surface area contributed by atoms with Crippen molar-refractivity contribution in [2.75, 3.05) is 11.1 Å². The van der Waals surface area contributed by atoms with Gasteiger partial charge in [-0.3, -0.25) is 0 Å². The van der Waals surface area contributed by atoms with Gasteiger partial charge in [-0.05, 0) is 31.5 Å². The highest BCUT2D eigenvalue weighted by atomic mass is 35.5. The lowest BCUT2D eigenvalue weighted by Crippen LogP contribution is -2.07. The minimum Gasteiger partial charge on any atom is -0.383 e. The number of aromatic nitrogens is 2. The van der Waals surface area contributed by atoms with Gasteiger partial charge in [0.1, 0.15) is 17.5 Å². The first-order valence-electron chi connectivity index (χ1n) is 6.35. The van der Waals surface area contributed by atoms with Crippen LogP contribution in [0.25, 0.3) is 0 Å². The van der Waals surface area contributed by atoms with Gasteiger partial charge in [-0.25, -0.2) is 9.97 Å². The van der Waals surface area contributed by atoms with Crippen molar-refractivity contribution in [3.05, 3.63) is 39.6 Å². The second-order valence-electron chi connectivity index (χ2n) is 4.53. The standard InChI is InChI=1S/C14H16Cl2N4/c1-3-4-12-19-13(17)8(2)14(20-12)18-11-6-9(15)5-10(16)7-11/h5-7H,3-4H2,1-2H3,(H3,17,18,19,20). The lowest BCUT2D eigenvalue weighted by atomic mass is 10.2. The van der Waals surface area contributed by atoms with Crippen LogP contribution in [0.15, 0.2) is 18.2 Å². The molecule has 6 heteroatoms. The van der Waals surface area contributed by atoms with E-state index in [0.29, 0.717) is 21.7 Å². The van der Waals surface area contributed by atoms with Crippen molar-refractivity contribution in [1.82, 2.24) is 9.97 Å². The van der Waals surface area contributed by atoms with Crippen molar-refractivity contribution in [2.24, 2.45) is 0 Å². The second-order valence-corrected chi connectivity index (χ2v) is 5.40. The first kappa shape index (κ1) is 14.9. The van der Waals surface area contributed by atoms with Crippen LogP contribution in [-0.2, 0) is 6.42 Å². The molecule has 0 fully saturated rings. The number of hydrogen-bond acceptors (Lipinski definition) is 4. The van der Waals surface area contributed by atoms with E-state index in [1.54, 1.807) is 18.2 Å². The van der Waals surface area contributed by atoms with Gasteiger partial charge in [0.15, 0.2) is 0 Å². The van der Waals surface area contributed by atoms with Crippen LogP contribution in [0.3, 0.4) is 0 Å². The Hall–Kier alpha value is -1.52. The van der Waals surface area contributed by atoms with Gasteiger partial charge in [-0.1, -0.05) is 30.1 Å². The average molecular weight is 311 g/mol. The number of halogens is 2. The Labute approximate surface area is 128 Å². The van der Waals surface area contributed by atoms with Crippen molar-refractivity contribution < 1.29 is 0 Å². The van der Waals surface area contributed by atoms with Crippen LogP contribution in [0, 0.1) is 6.92 Å². The summed E-state index contributed by atoms with van der Waals surface area (Å²) < 4.78 is 0. The van der Waals surface area contributed by atoms with Gasteiger partial charge in [-0.2, -0.15) is 0 Å². The number of nitrogens with one attached hydrogen (secondary N) is 1. The van der Waals surface area contributed by atoms with Gasteiger partial charge in [0.25, 0.3) is 0 Å². The number of benzene rings is 1. The number of nitrogens with zero attached hydrogens (tertiary/aromatic N) is 2. The molecule has 0 aliphatic rings. The number of hydrogen-bond donors (Lipinski definition) is 2. The van der Waals surface area contributed by atoms with E-state index in [4.69, 9.17) is 28.9 Å². The maximum atomic E-state index is 5.99. The summed E-state index contributed by atoms with van der Waals surface area (Å²) in [6.07, 6.45) is 1.75. The van der Waals surface area contributed by atoms with E-state index >= 15 is 0 Å². The monoisotopic (exact) mass is 310 g/mol. The second kappa shape index (κ2) is 6.29. The van der Waals surface area contributed by atoms with Crippen LogP contribution in [0.4, 0.5) is 17.3 Å². The summed E-state index contributed by atoms with van der Waals surface area (Å²) in [5.41, 5.74) is 7.50. The molecular weight excluding hydrogens is 295 g/mol. The smallest absolute Gasteiger partial charge is 0.139 e. The van der Waals surface area contributed by atoms with E-state index in [1.807, 2.05) is 6.92 Å². The average Bonchev–Trinajstić information content (AvgIpc) is 2.34. The molecule has 2 rings (SSSR count). The quantitative estimate of drug-likeness (QED) is 0.880. The summed E-state index contributed by atoms with van der Waals surface area (Å²) in [4.78, 5) is 8.76. The van der Waals surface area contributed by atoms with Gasteiger partial charge < -0.3 is 11.1 Å². The third kappa shape index (κ3) is 3.52. The molecule has 0 radical (unpaired) electrons. The predicted octanol–water partition coefficient (Wildman–Crippen LogP) is 4.37. The summed E-state index contributed by atoms with van der Waals surface area (Å²) in [6, 6.07) is 5.24. The normalized spacial score (nSPS) is 10.6. The molecule has 2 aromatic rings. The van der Waals surface area contributed by atoms with E-state index in [2.05, 4.69) is 22.2 Å². The van der Waals surface area contributed by atoms with Gasteiger partial charge >= 0.3 is 0 Å². The fourth-order valence-electron chi connectivity index (χ4n) is 1.80. The summed E-state index contributed by atoms with van der Waals surface area (Å²) in [5, 5.41) is 4.32. The molecule has 1 aromatic heterocycles. The highest BCUT2D eigenvalue weighted by molar-refractivity contribution is 6.35. The Morgan fingerprint density at radius 3 is 2.40 bits per heavy atom. The summed E-state index contributed by atoms with van der Waals surface area (Å²) in [5.74, 6) is 1.89. The van der Waals surface area contributed by atoms with Crippen LogP contribution in [0.5, 0.6) is 0 Å². The molecule has 1 aromatic carbocycles. The van der Waals surface area contributed by atoms with Crippen LogP contribution in [-0.4, -0.2) is 9.97 Å². The summed E-state index contributed by atoms with van der Waals surface area (Å²) in [6.45, 7) is 3.95. The van der Waals surface area contributed by atoms with Crippen molar-refractivity contribution in [1.29, 1.82) is 0 Å². The van der Waals surface area contributed by atoms with E-state index in [0.717, 1.165) is 29.9 Å². The molecule has 0 unspecified atom stereocenters. The van der Waals surface area contributed by atoms with Crippen molar-refractivity contribution in [3.8, 4) is 0 Å². The molecule has 0 bridgehead atoms. The highest BCUT2D eigenvalue weighted by Gasteiger charge is 2.09. The molecule has 1 heterocycles. The lowest BCUT2D eigenvalue weighted by molar-refractivity contribution is 0.836. The molecule has 0 atom stereocenters.